The van der Waals surface area contributed by atoms with Crippen LogP contribution in [0.4, 0.5) is 21.5 Å². The molecule has 0 aliphatic carbocycles. The maximum absolute atomic E-state index is 13.6. The van der Waals surface area contributed by atoms with E-state index < -0.39 is 0 Å². The molecule has 5 nitrogen and oxygen atoms in total. The number of rotatable bonds is 4. The number of nitrogens with zero attached hydrogens (tertiary/aromatic N) is 4. The summed E-state index contributed by atoms with van der Waals surface area (Å²) in [5, 5.41) is 0. The SMILES string of the molecule is O=C1C(=Nc2cccc(F)c2)c2ccccc2N1CN1CCN(c2ccccc2)CC1. The van der Waals surface area contributed by atoms with Crippen molar-refractivity contribution in [2.45, 2.75) is 0 Å². The van der Waals surface area contributed by atoms with Gasteiger partial charge in [-0.15, -0.1) is 0 Å². The van der Waals surface area contributed by atoms with Gasteiger partial charge in [0.2, 0.25) is 0 Å². The molecule has 0 radical (unpaired) electrons. The predicted molar refractivity (Wildman–Crippen MR) is 122 cm³/mol. The van der Waals surface area contributed by atoms with Gasteiger partial charge in [-0.05, 0) is 36.4 Å². The van der Waals surface area contributed by atoms with Gasteiger partial charge in [-0.1, -0.05) is 42.5 Å². The Hall–Kier alpha value is -3.51. The number of carbonyl (C=O) groups is 1. The molecular weight excluding hydrogens is 391 g/mol. The van der Waals surface area contributed by atoms with Crippen LogP contribution >= 0.6 is 0 Å². The molecule has 6 heteroatoms. The van der Waals surface area contributed by atoms with E-state index in [9.17, 15) is 9.18 Å². The van der Waals surface area contributed by atoms with Gasteiger partial charge < -0.3 is 4.90 Å². The zero-order chi connectivity index (χ0) is 21.2. The van der Waals surface area contributed by atoms with Gasteiger partial charge in [0.25, 0.3) is 5.91 Å². The third-order valence-electron chi connectivity index (χ3n) is 5.78. The fourth-order valence-electron chi connectivity index (χ4n) is 4.17. The highest BCUT2D eigenvalue weighted by molar-refractivity contribution is 6.54. The summed E-state index contributed by atoms with van der Waals surface area (Å²) in [4.78, 5) is 24.2. The van der Waals surface area contributed by atoms with Crippen LogP contribution in [0.2, 0.25) is 0 Å². The third kappa shape index (κ3) is 3.94. The van der Waals surface area contributed by atoms with E-state index in [2.05, 4.69) is 39.1 Å². The molecule has 0 atom stereocenters. The van der Waals surface area contributed by atoms with Gasteiger partial charge >= 0.3 is 0 Å². The number of piperazine rings is 1. The molecule has 2 heterocycles. The van der Waals surface area contributed by atoms with Crippen LogP contribution in [0.1, 0.15) is 5.56 Å². The Kier molecular flexibility index (Phi) is 5.22. The van der Waals surface area contributed by atoms with Crippen LogP contribution in [0, 0.1) is 5.82 Å². The second-order valence-electron chi connectivity index (χ2n) is 7.77. The number of carbonyl (C=O) groups excluding carboxylic acids is 1. The van der Waals surface area contributed by atoms with Crippen molar-refractivity contribution in [3.05, 3.63) is 90.2 Å². The predicted octanol–water partition coefficient (Wildman–Crippen LogP) is 4.07. The first-order chi connectivity index (χ1) is 15.2. The minimum absolute atomic E-state index is 0.143. The molecule has 3 aromatic rings. The van der Waals surface area contributed by atoms with E-state index in [-0.39, 0.29) is 11.7 Å². The first-order valence-corrected chi connectivity index (χ1v) is 10.5. The topological polar surface area (TPSA) is 39.2 Å². The van der Waals surface area contributed by atoms with E-state index >= 15 is 0 Å². The fraction of sp³-hybridized carbons (Fsp3) is 0.200. The second kappa shape index (κ2) is 8.32. The van der Waals surface area contributed by atoms with E-state index in [0.29, 0.717) is 18.1 Å². The quantitative estimate of drug-likeness (QED) is 0.646. The van der Waals surface area contributed by atoms with Crippen molar-refractivity contribution in [2.24, 2.45) is 4.99 Å². The Labute approximate surface area is 181 Å². The van der Waals surface area contributed by atoms with E-state index in [1.54, 1.807) is 17.0 Å². The smallest absolute Gasteiger partial charge is 0.278 e. The zero-order valence-corrected chi connectivity index (χ0v) is 17.1. The Morgan fingerprint density at radius 1 is 0.839 bits per heavy atom. The average Bonchev–Trinajstić information content (AvgIpc) is 3.06. The summed E-state index contributed by atoms with van der Waals surface area (Å²) in [5.41, 5.74) is 3.68. The number of para-hydroxylation sites is 2. The molecule has 3 aromatic carbocycles. The van der Waals surface area contributed by atoms with Gasteiger partial charge in [-0.2, -0.15) is 0 Å². The van der Waals surface area contributed by atoms with Gasteiger partial charge in [-0.25, -0.2) is 9.38 Å². The Balaban J connectivity index is 1.34. The molecule has 0 unspecified atom stereocenters. The molecule has 156 valence electrons. The second-order valence-corrected chi connectivity index (χ2v) is 7.77. The van der Waals surface area contributed by atoms with Crippen molar-refractivity contribution in [3.63, 3.8) is 0 Å². The van der Waals surface area contributed by atoms with Gasteiger partial charge in [0.1, 0.15) is 11.5 Å². The third-order valence-corrected chi connectivity index (χ3v) is 5.78. The lowest BCUT2D eigenvalue weighted by molar-refractivity contribution is -0.112. The standard InChI is InChI=1S/C25H23FN4O/c26-19-7-6-8-20(17-19)27-24-22-11-4-5-12-23(22)30(25(24)31)18-28-13-15-29(16-14-28)21-9-2-1-3-10-21/h1-12,17H,13-16,18H2. The number of benzene rings is 3. The molecule has 0 aromatic heterocycles. The zero-order valence-electron chi connectivity index (χ0n) is 17.1. The van der Waals surface area contributed by atoms with Crippen LogP contribution in [0.5, 0.6) is 0 Å². The van der Waals surface area contributed by atoms with Crippen molar-refractivity contribution in [3.8, 4) is 0 Å². The van der Waals surface area contributed by atoms with Gasteiger partial charge in [0.05, 0.1) is 18.0 Å². The molecule has 1 fully saturated rings. The molecular formula is C25H23FN4O. The molecule has 5 rings (SSSR count). The summed E-state index contributed by atoms with van der Waals surface area (Å²) >= 11 is 0. The largest absolute Gasteiger partial charge is 0.369 e. The van der Waals surface area contributed by atoms with Crippen molar-refractivity contribution >= 4 is 28.7 Å². The maximum Gasteiger partial charge on any atom is 0.278 e. The van der Waals surface area contributed by atoms with E-state index in [1.807, 2.05) is 30.3 Å². The van der Waals surface area contributed by atoms with Crippen LogP contribution in [-0.2, 0) is 4.79 Å². The van der Waals surface area contributed by atoms with Crippen LogP contribution in [0.3, 0.4) is 0 Å². The molecule has 1 saturated heterocycles. The number of aliphatic imine (C=N–C) groups is 1. The first-order valence-electron chi connectivity index (χ1n) is 10.5. The summed E-state index contributed by atoms with van der Waals surface area (Å²) in [6, 6.07) is 24.1. The lowest BCUT2D eigenvalue weighted by Crippen LogP contribution is -2.51. The number of anilines is 2. The highest BCUT2D eigenvalue weighted by Gasteiger charge is 2.35. The van der Waals surface area contributed by atoms with E-state index in [0.717, 1.165) is 37.4 Å². The number of halogens is 1. The van der Waals surface area contributed by atoms with Crippen molar-refractivity contribution in [2.75, 3.05) is 42.6 Å². The number of hydrogen-bond donors (Lipinski definition) is 0. The minimum atomic E-state index is -0.367. The maximum atomic E-state index is 13.6. The lowest BCUT2D eigenvalue weighted by atomic mass is 10.1. The number of fused-ring (bicyclic) bond motifs is 1. The van der Waals surface area contributed by atoms with Crippen molar-refractivity contribution < 1.29 is 9.18 Å². The molecule has 2 aliphatic rings. The molecule has 0 saturated carbocycles. The molecule has 0 bridgehead atoms. The Bertz CT molecular complexity index is 1120. The normalized spacial score (nSPS) is 18.0. The van der Waals surface area contributed by atoms with E-state index in [4.69, 9.17) is 0 Å². The van der Waals surface area contributed by atoms with Crippen LogP contribution < -0.4 is 9.80 Å². The van der Waals surface area contributed by atoms with Crippen molar-refractivity contribution in [1.29, 1.82) is 0 Å². The summed E-state index contributed by atoms with van der Waals surface area (Å²) in [5.74, 6) is -0.510. The summed E-state index contributed by atoms with van der Waals surface area (Å²) in [6.07, 6.45) is 0. The first kappa shape index (κ1) is 19.5. The molecule has 31 heavy (non-hydrogen) atoms. The Morgan fingerprint density at radius 3 is 2.35 bits per heavy atom. The van der Waals surface area contributed by atoms with E-state index in [1.165, 1.54) is 17.8 Å². The summed E-state index contributed by atoms with van der Waals surface area (Å²) in [7, 11) is 0. The molecule has 0 spiro atoms. The van der Waals surface area contributed by atoms with Crippen LogP contribution in [-0.4, -0.2) is 49.4 Å². The van der Waals surface area contributed by atoms with Crippen LogP contribution in [0.25, 0.3) is 0 Å². The summed E-state index contributed by atoms with van der Waals surface area (Å²) < 4.78 is 13.6. The molecule has 2 aliphatic heterocycles. The number of hydrogen-bond acceptors (Lipinski definition) is 4. The van der Waals surface area contributed by atoms with Gasteiger partial charge in [0, 0.05) is 37.4 Å². The highest BCUT2D eigenvalue weighted by atomic mass is 19.1. The average molecular weight is 414 g/mol. The van der Waals surface area contributed by atoms with Gasteiger partial charge in [0.15, 0.2) is 0 Å². The highest BCUT2D eigenvalue weighted by Crippen LogP contribution is 2.31. The summed E-state index contributed by atoms with van der Waals surface area (Å²) in [6.45, 7) is 4.09. The molecule has 1 amide bonds. The minimum Gasteiger partial charge on any atom is -0.369 e. The monoisotopic (exact) mass is 414 g/mol. The van der Waals surface area contributed by atoms with Gasteiger partial charge in [-0.3, -0.25) is 14.6 Å². The lowest BCUT2D eigenvalue weighted by Gasteiger charge is -2.37. The fourth-order valence-corrected chi connectivity index (χ4v) is 4.17. The van der Waals surface area contributed by atoms with Crippen molar-refractivity contribution in [1.82, 2.24) is 4.90 Å². The Morgan fingerprint density at radius 2 is 1.58 bits per heavy atom. The number of amides is 1. The molecule has 0 N–H and O–H groups in total. The van der Waals surface area contributed by atoms with Crippen LogP contribution in [0.15, 0.2) is 83.9 Å².